The first-order valence-electron chi connectivity index (χ1n) is 3.60. The molecule has 0 spiro atoms. The summed E-state index contributed by atoms with van der Waals surface area (Å²) in [7, 11) is 0. The number of Topliss-reactive ketones (excluding diaryl/α,β-unsaturated/α-hetero) is 1. The molecule has 0 heterocycles. The van der Waals surface area contributed by atoms with Gasteiger partial charge in [0.05, 0.1) is 8.06 Å². The van der Waals surface area contributed by atoms with E-state index in [1.807, 2.05) is 0 Å². The minimum Gasteiger partial charge on any atom is -0.298 e. The molecule has 0 N–H and O–H groups in total. The number of alkyl halides is 3. The van der Waals surface area contributed by atoms with Gasteiger partial charge in [-0.25, -0.2) is 0 Å². The van der Waals surface area contributed by atoms with Crippen LogP contribution in [0.2, 0.25) is 0 Å². The third-order valence-corrected chi connectivity index (χ3v) is 5.62. The lowest BCUT2D eigenvalue weighted by Crippen LogP contribution is -2.21. The molecule has 3 atom stereocenters. The number of carbonyl (C=O) groups is 1. The van der Waals surface area contributed by atoms with E-state index in [9.17, 15) is 4.79 Å². The molecule has 2 fully saturated rings. The Kier molecular flexibility index (Phi) is 2.01. The molecule has 0 radical (unpaired) electrons. The molecule has 62 valence electrons. The Hall–Kier alpha value is 1.11. The Morgan fingerprint density at radius 1 is 1.36 bits per heavy atom. The number of rotatable bonds is 0. The van der Waals surface area contributed by atoms with Gasteiger partial charge in [0.25, 0.3) is 0 Å². The molecule has 11 heavy (non-hydrogen) atoms. The monoisotopic (exact) mass is 344 g/mol. The van der Waals surface area contributed by atoms with Crippen molar-refractivity contribution >= 4 is 53.6 Å². The number of halogens is 3. The molecule has 4 heteroatoms. The summed E-state index contributed by atoms with van der Waals surface area (Å²) >= 11 is 10.4. The number of fused-ring (bicyclic) bond motifs is 1. The zero-order valence-corrected chi connectivity index (χ0v) is 10.4. The van der Waals surface area contributed by atoms with Crippen LogP contribution in [0.1, 0.15) is 12.8 Å². The zero-order valence-electron chi connectivity index (χ0n) is 5.69. The van der Waals surface area contributed by atoms with Gasteiger partial charge in [-0.15, -0.1) is 0 Å². The van der Waals surface area contributed by atoms with Gasteiger partial charge in [0.15, 0.2) is 5.78 Å². The van der Waals surface area contributed by atoms with Crippen molar-refractivity contribution < 1.29 is 4.79 Å². The second-order valence-electron chi connectivity index (χ2n) is 3.21. The van der Waals surface area contributed by atoms with Crippen LogP contribution in [0.25, 0.3) is 0 Å². The highest BCUT2D eigenvalue weighted by Gasteiger charge is 2.67. The van der Waals surface area contributed by atoms with Gasteiger partial charge in [-0.2, -0.15) is 0 Å². The van der Waals surface area contributed by atoms with Gasteiger partial charge in [0.1, 0.15) is 0 Å². The van der Waals surface area contributed by atoms with E-state index < -0.39 is 0 Å². The molecule has 0 aromatic heterocycles. The average molecular weight is 347 g/mol. The second-order valence-corrected chi connectivity index (χ2v) is 8.00. The predicted molar refractivity (Wildman–Crippen MR) is 54.5 cm³/mol. The Labute approximate surface area is 90.7 Å². The van der Waals surface area contributed by atoms with E-state index in [2.05, 4.69) is 47.8 Å². The third-order valence-electron chi connectivity index (χ3n) is 2.55. The molecule has 1 nitrogen and oxygen atoms in total. The number of hydrogen-bond donors (Lipinski definition) is 0. The van der Waals surface area contributed by atoms with Gasteiger partial charge in [0.2, 0.25) is 0 Å². The predicted octanol–water partition coefficient (Wildman–Crippen LogP) is 2.84. The highest BCUT2D eigenvalue weighted by molar-refractivity contribution is 9.25. The van der Waals surface area contributed by atoms with Crippen molar-refractivity contribution in [1.29, 1.82) is 0 Å². The SMILES string of the molecule is O=C1[C@@H]2[C@H](CC[C@@H]1Br)C2(Br)Br. The minimum atomic E-state index is -0.0559. The first-order valence-corrected chi connectivity index (χ1v) is 6.11. The number of hydrogen-bond acceptors (Lipinski definition) is 1. The van der Waals surface area contributed by atoms with Crippen molar-refractivity contribution in [3.63, 3.8) is 0 Å². The largest absolute Gasteiger partial charge is 0.298 e. The minimum absolute atomic E-state index is 0.0559. The van der Waals surface area contributed by atoms with Crippen molar-refractivity contribution in [3.8, 4) is 0 Å². The standard InChI is InChI=1S/C7H7Br3O/c8-4-2-1-3-5(6(4)11)7(3,9)10/h3-5H,1-2H2/t3-,4-,5-/m0/s1. The first-order chi connectivity index (χ1) is 5.05. The molecular formula is C7H7Br3O. The van der Waals surface area contributed by atoms with Gasteiger partial charge in [-0.05, 0) is 18.8 Å². The van der Waals surface area contributed by atoms with Gasteiger partial charge >= 0.3 is 0 Å². The van der Waals surface area contributed by atoms with Crippen molar-refractivity contribution in [2.45, 2.75) is 20.9 Å². The fourth-order valence-corrected chi connectivity index (χ4v) is 4.16. The van der Waals surface area contributed by atoms with E-state index in [-0.39, 0.29) is 14.0 Å². The summed E-state index contributed by atoms with van der Waals surface area (Å²) in [6.07, 6.45) is 2.13. The smallest absolute Gasteiger partial charge is 0.152 e. The van der Waals surface area contributed by atoms with Gasteiger partial charge in [-0.3, -0.25) is 4.79 Å². The van der Waals surface area contributed by atoms with Crippen molar-refractivity contribution in [3.05, 3.63) is 0 Å². The molecular weight excluding hydrogens is 340 g/mol. The topological polar surface area (TPSA) is 17.1 Å². The van der Waals surface area contributed by atoms with Gasteiger partial charge in [-0.1, -0.05) is 47.8 Å². The zero-order chi connectivity index (χ0) is 8.22. The third kappa shape index (κ3) is 1.17. The Morgan fingerprint density at radius 2 is 2.00 bits per heavy atom. The van der Waals surface area contributed by atoms with Crippen molar-refractivity contribution in [2.75, 3.05) is 0 Å². The van der Waals surface area contributed by atoms with Crippen LogP contribution >= 0.6 is 47.8 Å². The normalized spacial score (nSPS) is 46.8. The van der Waals surface area contributed by atoms with Crippen LogP contribution in [-0.4, -0.2) is 13.8 Å². The van der Waals surface area contributed by atoms with E-state index in [0.717, 1.165) is 12.8 Å². The van der Waals surface area contributed by atoms with Gasteiger partial charge < -0.3 is 0 Å². The molecule has 2 aliphatic rings. The number of carbonyl (C=O) groups excluding carboxylic acids is 1. The van der Waals surface area contributed by atoms with Crippen LogP contribution in [0, 0.1) is 11.8 Å². The average Bonchev–Trinajstić information content (AvgIpc) is 2.46. The maximum atomic E-state index is 11.5. The van der Waals surface area contributed by atoms with E-state index in [1.54, 1.807) is 0 Å². The highest BCUT2D eigenvalue weighted by Crippen LogP contribution is 2.66. The lowest BCUT2D eigenvalue weighted by atomic mass is 10.00. The fourth-order valence-electron chi connectivity index (χ4n) is 1.80. The molecule has 0 aliphatic heterocycles. The van der Waals surface area contributed by atoms with Crippen LogP contribution in [0.15, 0.2) is 0 Å². The maximum absolute atomic E-state index is 11.5. The molecule has 0 bridgehead atoms. The Balaban J connectivity index is 2.19. The van der Waals surface area contributed by atoms with E-state index in [4.69, 9.17) is 0 Å². The first kappa shape index (κ1) is 8.70. The number of ketones is 1. The van der Waals surface area contributed by atoms with Crippen molar-refractivity contribution in [1.82, 2.24) is 0 Å². The molecule has 2 saturated carbocycles. The maximum Gasteiger partial charge on any atom is 0.152 e. The summed E-state index contributed by atoms with van der Waals surface area (Å²) in [5.41, 5.74) is 0. The van der Waals surface area contributed by atoms with E-state index in [0.29, 0.717) is 11.7 Å². The Morgan fingerprint density at radius 3 is 2.55 bits per heavy atom. The highest BCUT2D eigenvalue weighted by atomic mass is 79.9. The van der Waals surface area contributed by atoms with E-state index in [1.165, 1.54) is 0 Å². The van der Waals surface area contributed by atoms with Gasteiger partial charge in [0, 0.05) is 5.92 Å². The molecule has 0 aromatic carbocycles. The summed E-state index contributed by atoms with van der Waals surface area (Å²) in [5, 5.41) is 0. The van der Waals surface area contributed by atoms with Crippen LogP contribution in [0.4, 0.5) is 0 Å². The van der Waals surface area contributed by atoms with Crippen LogP contribution in [-0.2, 0) is 4.79 Å². The quantitative estimate of drug-likeness (QED) is 0.616. The lowest BCUT2D eigenvalue weighted by molar-refractivity contribution is -0.120. The molecule has 0 aromatic rings. The fraction of sp³-hybridized carbons (Fsp3) is 0.857. The van der Waals surface area contributed by atoms with Crippen LogP contribution < -0.4 is 0 Å². The summed E-state index contributed by atoms with van der Waals surface area (Å²) in [6.45, 7) is 0. The van der Waals surface area contributed by atoms with Crippen LogP contribution in [0.3, 0.4) is 0 Å². The summed E-state index contributed by atoms with van der Waals surface area (Å²) in [6, 6.07) is 0. The Bertz CT molecular complexity index is 214. The molecule has 0 amide bonds. The summed E-state index contributed by atoms with van der Waals surface area (Å²) in [4.78, 5) is 11.6. The molecule has 0 unspecified atom stereocenters. The lowest BCUT2D eigenvalue weighted by Gasteiger charge is -2.11. The van der Waals surface area contributed by atoms with E-state index >= 15 is 0 Å². The van der Waals surface area contributed by atoms with Crippen molar-refractivity contribution in [2.24, 2.45) is 11.8 Å². The molecule has 0 saturated heterocycles. The second kappa shape index (κ2) is 2.55. The molecule has 2 aliphatic carbocycles. The summed E-state index contributed by atoms with van der Waals surface area (Å²) < 4.78 is -0.0559. The summed E-state index contributed by atoms with van der Waals surface area (Å²) in [5.74, 6) is 1.10. The molecule has 2 rings (SSSR count). The van der Waals surface area contributed by atoms with Crippen LogP contribution in [0.5, 0.6) is 0 Å².